The van der Waals surface area contributed by atoms with E-state index in [1.54, 1.807) is 0 Å². The molecule has 1 amide bonds. The van der Waals surface area contributed by atoms with Gasteiger partial charge in [0.15, 0.2) is 0 Å². The molecule has 0 N–H and O–H groups in total. The summed E-state index contributed by atoms with van der Waals surface area (Å²) in [6.45, 7) is -2.92. The van der Waals surface area contributed by atoms with Crippen molar-refractivity contribution in [2.24, 2.45) is 0 Å². The molecule has 0 fully saturated rings. The molecule has 0 bridgehead atoms. The first-order valence-corrected chi connectivity index (χ1v) is 5.91. The maximum Gasteiger partial charge on any atom is 0.417 e. The van der Waals surface area contributed by atoms with Crippen molar-refractivity contribution < 1.29 is 23.0 Å². The smallest absolute Gasteiger partial charge is 0.417 e. The summed E-state index contributed by atoms with van der Waals surface area (Å²) < 4.78 is 30.3. The molecule has 0 spiro atoms. The van der Waals surface area contributed by atoms with Gasteiger partial charge in [-0.2, -0.15) is 8.78 Å². The van der Waals surface area contributed by atoms with Crippen molar-refractivity contribution in [2.75, 3.05) is 11.9 Å². The molecule has 4 nitrogen and oxygen atoms in total. The fourth-order valence-corrected chi connectivity index (χ4v) is 1.32. The first-order chi connectivity index (χ1) is 8.69. The lowest BCUT2D eigenvalue weighted by atomic mass is 10.3. The molecule has 0 radical (unpaired) electrons. The number of carbonyl (C=O) groups excluding carboxylic acids is 1. The second-order valence-electron chi connectivity index (χ2n) is 3.25. The number of halogens is 5. The highest BCUT2D eigenvalue weighted by molar-refractivity contribution is 6.66. The quantitative estimate of drug-likeness (QED) is 0.778. The molecule has 1 rings (SSSR count). The first kappa shape index (κ1) is 16.1. The van der Waals surface area contributed by atoms with Crippen molar-refractivity contribution in [2.45, 2.75) is 10.6 Å². The Morgan fingerprint density at radius 1 is 1.26 bits per heavy atom. The van der Waals surface area contributed by atoms with Crippen LogP contribution < -0.4 is 9.64 Å². The number of anilines is 1. The molecule has 0 aliphatic carbocycles. The summed E-state index contributed by atoms with van der Waals surface area (Å²) in [5.41, 5.74) is 0.348. The lowest BCUT2D eigenvalue weighted by Crippen LogP contribution is -2.30. The van der Waals surface area contributed by atoms with E-state index in [1.165, 1.54) is 31.3 Å². The summed E-state index contributed by atoms with van der Waals surface area (Å²) in [5, 5.41) is 0. The van der Waals surface area contributed by atoms with Gasteiger partial charge in [-0.25, -0.2) is 4.79 Å². The van der Waals surface area contributed by atoms with Crippen LogP contribution in [0.2, 0.25) is 0 Å². The number of hydrogen-bond donors (Lipinski definition) is 0. The maximum absolute atomic E-state index is 11.9. The van der Waals surface area contributed by atoms with Gasteiger partial charge in [0, 0.05) is 12.7 Å². The number of amides is 1. The van der Waals surface area contributed by atoms with Gasteiger partial charge in [-0.1, -0.05) is 0 Å². The molecule has 0 saturated heterocycles. The molecule has 0 aliphatic heterocycles. The lowest BCUT2D eigenvalue weighted by molar-refractivity contribution is -0.0498. The molecule has 0 heterocycles. The summed E-state index contributed by atoms with van der Waals surface area (Å²) in [4.78, 5) is 12.6. The normalized spacial score (nSPS) is 11.3. The molecule has 106 valence electrons. The van der Waals surface area contributed by atoms with Gasteiger partial charge in [0.25, 0.3) is 0 Å². The maximum atomic E-state index is 11.9. The number of rotatable bonds is 3. The van der Waals surface area contributed by atoms with Crippen molar-refractivity contribution in [3.05, 3.63) is 24.3 Å². The predicted octanol–water partition coefficient (Wildman–Crippen LogP) is 4.19. The summed E-state index contributed by atoms with van der Waals surface area (Å²) in [6.07, 6.45) is -0.914. The van der Waals surface area contributed by atoms with Gasteiger partial charge < -0.3 is 9.47 Å². The van der Waals surface area contributed by atoms with Crippen LogP contribution in [0.1, 0.15) is 0 Å². The number of nitrogens with zero attached hydrogens (tertiary/aromatic N) is 1. The van der Waals surface area contributed by atoms with E-state index in [4.69, 9.17) is 34.8 Å². The van der Waals surface area contributed by atoms with Gasteiger partial charge in [0.05, 0.1) is 0 Å². The number of ether oxygens (including phenoxy) is 2. The van der Waals surface area contributed by atoms with E-state index < -0.39 is 16.7 Å². The van der Waals surface area contributed by atoms with Crippen molar-refractivity contribution in [1.82, 2.24) is 0 Å². The first-order valence-electron chi connectivity index (χ1n) is 4.77. The fraction of sp³-hybridized carbons (Fsp3) is 0.300. The zero-order valence-corrected chi connectivity index (χ0v) is 11.7. The minimum Gasteiger partial charge on any atom is -0.435 e. The Balaban J connectivity index is 2.72. The SMILES string of the molecule is CN(C(=O)OC(Cl)(Cl)Cl)c1ccc(OC(F)F)cc1. The molecule has 19 heavy (non-hydrogen) atoms. The standard InChI is InChI=1S/C10H8Cl3F2NO3/c1-16(9(17)19-10(11,12)13)6-2-4-7(5-3-6)18-8(14)15/h2-5,8H,1H3. The van der Waals surface area contributed by atoms with Gasteiger partial charge in [-0.15, -0.1) is 0 Å². The Hall–Kier alpha value is -0.980. The second-order valence-corrected chi connectivity index (χ2v) is 5.42. The third-order valence-corrected chi connectivity index (χ3v) is 2.16. The zero-order valence-electron chi connectivity index (χ0n) is 9.45. The molecular weight excluding hydrogens is 326 g/mol. The molecule has 0 aromatic heterocycles. The molecule has 0 atom stereocenters. The summed E-state index contributed by atoms with van der Waals surface area (Å²) in [5.74, 6) is -0.0399. The van der Waals surface area contributed by atoms with Crippen molar-refractivity contribution in [3.63, 3.8) is 0 Å². The largest absolute Gasteiger partial charge is 0.435 e. The van der Waals surface area contributed by atoms with Crippen LogP contribution in [0.4, 0.5) is 19.3 Å². The minimum atomic E-state index is -2.92. The average molecular weight is 335 g/mol. The Morgan fingerprint density at radius 3 is 2.21 bits per heavy atom. The van der Waals surface area contributed by atoms with Crippen LogP contribution in [-0.2, 0) is 4.74 Å². The third kappa shape index (κ3) is 5.67. The summed E-state index contributed by atoms with van der Waals surface area (Å²) in [7, 11) is 1.36. The average Bonchev–Trinajstić information content (AvgIpc) is 2.26. The van der Waals surface area contributed by atoms with E-state index in [9.17, 15) is 13.6 Å². The van der Waals surface area contributed by atoms with Crippen LogP contribution in [0, 0.1) is 0 Å². The monoisotopic (exact) mass is 333 g/mol. The number of carbonyl (C=O) groups is 1. The van der Waals surface area contributed by atoms with Gasteiger partial charge in [0.2, 0.25) is 0 Å². The van der Waals surface area contributed by atoms with Crippen molar-refractivity contribution in [3.8, 4) is 5.75 Å². The van der Waals surface area contributed by atoms with E-state index in [-0.39, 0.29) is 5.75 Å². The van der Waals surface area contributed by atoms with Gasteiger partial charge in [-0.05, 0) is 59.1 Å². The molecule has 0 saturated carbocycles. The van der Waals surface area contributed by atoms with E-state index in [1.807, 2.05) is 0 Å². The summed E-state index contributed by atoms with van der Waals surface area (Å²) >= 11 is 15.9. The highest BCUT2D eigenvalue weighted by Crippen LogP contribution is 2.29. The van der Waals surface area contributed by atoms with Crippen LogP contribution in [0.15, 0.2) is 24.3 Å². The molecule has 0 unspecified atom stereocenters. The van der Waals surface area contributed by atoms with Crippen LogP contribution >= 0.6 is 34.8 Å². The van der Waals surface area contributed by atoms with Gasteiger partial charge in [-0.3, -0.25) is 4.90 Å². The van der Waals surface area contributed by atoms with Gasteiger partial charge >= 0.3 is 16.7 Å². The molecular formula is C10H8Cl3F2NO3. The predicted molar refractivity (Wildman–Crippen MR) is 68.2 cm³/mol. The Labute approximate surface area is 122 Å². The lowest BCUT2D eigenvalue weighted by Gasteiger charge is -2.20. The zero-order chi connectivity index (χ0) is 14.6. The Bertz CT molecular complexity index is 437. The van der Waals surface area contributed by atoms with Crippen molar-refractivity contribution >= 4 is 46.6 Å². The van der Waals surface area contributed by atoms with Gasteiger partial charge in [0.1, 0.15) is 5.75 Å². The van der Waals surface area contributed by atoms with Crippen molar-refractivity contribution in [1.29, 1.82) is 0 Å². The van der Waals surface area contributed by atoms with Crippen LogP contribution in [0.25, 0.3) is 0 Å². The number of hydrogen-bond acceptors (Lipinski definition) is 3. The van der Waals surface area contributed by atoms with E-state index in [2.05, 4.69) is 9.47 Å². The molecule has 1 aromatic rings. The van der Waals surface area contributed by atoms with Crippen LogP contribution in [-0.4, -0.2) is 23.7 Å². The molecule has 1 aromatic carbocycles. The fourth-order valence-electron chi connectivity index (χ4n) is 1.12. The highest BCUT2D eigenvalue weighted by Gasteiger charge is 2.27. The number of alkyl halides is 5. The van der Waals surface area contributed by atoms with E-state index in [0.29, 0.717) is 5.69 Å². The van der Waals surface area contributed by atoms with E-state index >= 15 is 0 Å². The number of benzene rings is 1. The minimum absolute atomic E-state index is 0.0399. The third-order valence-electron chi connectivity index (χ3n) is 1.93. The molecule has 0 aliphatic rings. The Morgan fingerprint density at radius 2 is 1.79 bits per heavy atom. The van der Waals surface area contributed by atoms with E-state index in [0.717, 1.165) is 4.90 Å². The summed E-state index contributed by atoms with van der Waals surface area (Å²) in [6, 6.07) is 5.27. The topological polar surface area (TPSA) is 38.8 Å². The highest BCUT2D eigenvalue weighted by atomic mass is 35.6. The van der Waals surface area contributed by atoms with Crippen LogP contribution in [0.5, 0.6) is 5.75 Å². The molecule has 9 heteroatoms. The Kier molecular flexibility index (Phi) is 5.46. The second kappa shape index (κ2) is 6.45. The van der Waals surface area contributed by atoms with Crippen LogP contribution in [0.3, 0.4) is 0 Å².